The van der Waals surface area contributed by atoms with Crippen molar-refractivity contribution in [1.82, 2.24) is 0 Å². The number of carboxylic acids is 1. The maximum Gasteiger partial charge on any atom is 0.303 e. The molecule has 0 amide bonds. The van der Waals surface area contributed by atoms with Crippen LogP contribution in [0.2, 0.25) is 0 Å². The van der Waals surface area contributed by atoms with Crippen molar-refractivity contribution in [3.05, 3.63) is 24.8 Å². The van der Waals surface area contributed by atoms with Crippen molar-refractivity contribution in [2.24, 2.45) is 11.8 Å². The maximum absolute atomic E-state index is 10.4. The van der Waals surface area contributed by atoms with Crippen molar-refractivity contribution < 1.29 is 19.4 Å². The van der Waals surface area contributed by atoms with E-state index in [0.717, 1.165) is 45.7 Å². The fraction of sp³-hybridized carbons (Fsp3) is 0.688. The third kappa shape index (κ3) is 7.46. The lowest BCUT2D eigenvalue weighted by Gasteiger charge is -2.15. The fourth-order valence-corrected chi connectivity index (χ4v) is 2.25. The van der Waals surface area contributed by atoms with Crippen molar-refractivity contribution in [2.45, 2.75) is 32.1 Å². The summed E-state index contributed by atoms with van der Waals surface area (Å²) in [4.78, 5) is 10.4. The topological polar surface area (TPSA) is 55.8 Å². The fourth-order valence-electron chi connectivity index (χ4n) is 2.25. The van der Waals surface area contributed by atoms with Gasteiger partial charge in [-0.05, 0) is 31.6 Å². The van der Waals surface area contributed by atoms with Gasteiger partial charge in [-0.1, -0.05) is 18.2 Å². The Balaban J connectivity index is 2.12. The molecule has 20 heavy (non-hydrogen) atoms. The average Bonchev–Trinajstić information content (AvgIpc) is 2.86. The van der Waals surface area contributed by atoms with Crippen molar-refractivity contribution in [2.75, 3.05) is 26.4 Å². The summed E-state index contributed by atoms with van der Waals surface area (Å²) in [6, 6.07) is 0. The zero-order valence-corrected chi connectivity index (χ0v) is 12.1. The van der Waals surface area contributed by atoms with Gasteiger partial charge in [-0.2, -0.15) is 0 Å². The Kier molecular flexibility index (Phi) is 9.00. The van der Waals surface area contributed by atoms with Crippen molar-refractivity contribution >= 4 is 5.97 Å². The minimum Gasteiger partial charge on any atom is -0.481 e. The Morgan fingerprint density at radius 3 is 2.85 bits per heavy atom. The van der Waals surface area contributed by atoms with Gasteiger partial charge in [0.25, 0.3) is 0 Å². The Labute approximate surface area is 121 Å². The number of carboxylic acid groups (broad SMARTS) is 1. The lowest BCUT2D eigenvalue weighted by molar-refractivity contribution is -0.137. The van der Waals surface area contributed by atoms with Gasteiger partial charge in [-0.25, -0.2) is 0 Å². The number of aliphatic carboxylic acids is 1. The summed E-state index contributed by atoms with van der Waals surface area (Å²) in [6.45, 7) is 6.74. The molecule has 0 aromatic carbocycles. The van der Waals surface area contributed by atoms with Gasteiger partial charge in [-0.15, -0.1) is 6.58 Å². The first-order valence-electron chi connectivity index (χ1n) is 7.37. The SMILES string of the molecule is C=CCCOC[C@H]1COC[C@@H]1C/C=C\CCCC(=O)O. The van der Waals surface area contributed by atoms with E-state index in [1.165, 1.54) is 0 Å². The molecule has 4 nitrogen and oxygen atoms in total. The largest absolute Gasteiger partial charge is 0.481 e. The molecule has 0 unspecified atom stereocenters. The van der Waals surface area contributed by atoms with E-state index in [0.29, 0.717) is 18.3 Å². The molecular weight excluding hydrogens is 256 g/mol. The third-order valence-electron chi connectivity index (χ3n) is 3.50. The molecular formula is C16H26O4. The van der Waals surface area contributed by atoms with Crippen LogP contribution in [-0.2, 0) is 14.3 Å². The molecule has 1 aliphatic heterocycles. The van der Waals surface area contributed by atoms with Crippen LogP contribution in [0, 0.1) is 11.8 Å². The lowest BCUT2D eigenvalue weighted by atomic mass is 9.93. The second kappa shape index (κ2) is 10.6. The van der Waals surface area contributed by atoms with Gasteiger partial charge >= 0.3 is 5.97 Å². The van der Waals surface area contributed by atoms with Crippen LogP contribution in [0.3, 0.4) is 0 Å². The number of rotatable bonds is 11. The minimum atomic E-state index is -0.723. The molecule has 0 aromatic rings. The smallest absolute Gasteiger partial charge is 0.303 e. The normalized spacial score (nSPS) is 22.4. The van der Waals surface area contributed by atoms with E-state index >= 15 is 0 Å². The summed E-state index contributed by atoms with van der Waals surface area (Å²) >= 11 is 0. The second-order valence-corrected chi connectivity index (χ2v) is 5.20. The predicted molar refractivity (Wildman–Crippen MR) is 78.7 cm³/mol. The number of allylic oxidation sites excluding steroid dienone is 2. The van der Waals surface area contributed by atoms with Gasteiger partial charge in [0.15, 0.2) is 0 Å². The van der Waals surface area contributed by atoms with Crippen LogP contribution in [0.5, 0.6) is 0 Å². The Morgan fingerprint density at radius 1 is 1.30 bits per heavy atom. The first-order valence-corrected chi connectivity index (χ1v) is 7.37. The number of ether oxygens (including phenoxy) is 2. The summed E-state index contributed by atoms with van der Waals surface area (Å²) in [7, 11) is 0. The van der Waals surface area contributed by atoms with Gasteiger partial charge in [0, 0.05) is 12.3 Å². The highest BCUT2D eigenvalue weighted by molar-refractivity contribution is 5.66. The predicted octanol–water partition coefficient (Wildman–Crippen LogP) is 3.04. The van der Waals surface area contributed by atoms with Crippen LogP contribution in [0.4, 0.5) is 0 Å². The van der Waals surface area contributed by atoms with Crippen LogP contribution in [-0.4, -0.2) is 37.5 Å². The van der Waals surface area contributed by atoms with Crippen LogP contribution >= 0.6 is 0 Å². The molecule has 0 aliphatic carbocycles. The molecule has 4 heteroatoms. The number of carbonyl (C=O) groups is 1. The van der Waals surface area contributed by atoms with E-state index in [1.807, 2.05) is 6.08 Å². The summed E-state index contributed by atoms with van der Waals surface area (Å²) in [6.07, 6.45) is 9.76. The molecule has 1 fully saturated rings. The molecule has 1 aliphatic rings. The van der Waals surface area contributed by atoms with E-state index in [1.54, 1.807) is 0 Å². The molecule has 0 saturated carbocycles. The molecule has 2 atom stereocenters. The number of hydrogen-bond acceptors (Lipinski definition) is 3. The van der Waals surface area contributed by atoms with Crippen molar-refractivity contribution in [1.29, 1.82) is 0 Å². The summed E-state index contributed by atoms with van der Waals surface area (Å²) in [5.74, 6) is 0.275. The highest BCUT2D eigenvalue weighted by atomic mass is 16.5. The molecule has 1 rings (SSSR count). The van der Waals surface area contributed by atoms with E-state index in [2.05, 4.69) is 18.7 Å². The van der Waals surface area contributed by atoms with Crippen molar-refractivity contribution in [3.8, 4) is 0 Å². The maximum atomic E-state index is 10.4. The zero-order valence-electron chi connectivity index (χ0n) is 12.1. The summed E-state index contributed by atoms with van der Waals surface area (Å²) in [5.41, 5.74) is 0. The standard InChI is InChI=1S/C16H26O4/c1-2-3-10-19-12-15-13-20-11-14(15)8-6-4-5-7-9-16(17)18/h2,4,6,14-15H,1,3,5,7-13H2,(H,17,18)/b6-4-/t14-,15-/m0/s1. The number of hydrogen-bond donors (Lipinski definition) is 1. The molecule has 1 saturated heterocycles. The first kappa shape index (κ1) is 16.9. The van der Waals surface area contributed by atoms with E-state index in [4.69, 9.17) is 14.6 Å². The van der Waals surface area contributed by atoms with Crippen LogP contribution in [0.15, 0.2) is 24.8 Å². The monoisotopic (exact) mass is 282 g/mol. The van der Waals surface area contributed by atoms with Gasteiger partial charge in [0.1, 0.15) is 0 Å². The highest BCUT2D eigenvalue weighted by Crippen LogP contribution is 2.24. The van der Waals surface area contributed by atoms with E-state index in [-0.39, 0.29) is 6.42 Å². The van der Waals surface area contributed by atoms with Crippen LogP contribution in [0.25, 0.3) is 0 Å². The van der Waals surface area contributed by atoms with Gasteiger partial charge in [0.2, 0.25) is 0 Å². The molecule has 1 heterocycles. The molecule has 0 bridgehead atoms. The lowest BCUT2D eigenvalue weighted by Crippen LogP contribution is -2.18. The van der Waals surface area contributed by atoms with Gasteiger partial charge < -0.3 is 14.6 Å². The highest BCUT2D eigenvalue weighted by Gasteiger charge is 2.27. The Hall–Kier alpha value is -1.13. The molecule has 0 aromatic heterocycles. The zero-order chi connectivity index (χ0) is 14.6. The first-order chi connectivity index (χ1) is 9.74. The van der Waals surface area contributed by atoms with Gasteiger partial charge in [-0.3, -0.25) is 4.79 Å². The second-order valence-electron chi connectivity index (χ2n) is 5.20. The van der Waals surface area contributed by atoms with Gasteiger partial charge in [0.05, 0.1) is 26.4 Å². The average molecular weight is 282 g/mol. The molecule has 0 radical (unpaired) electrons. The number of unbranched alkanes of at least 4 members (excludes halogenated alkanes) is 1. The van der Waals surface area contributed by atoms with E-state index in [9.17, 15) is 4.79 Å². The summed E-state index contributed by atoms with van der Waals surface area (Å²) in [5, 5.41) is 8.54. The quantitative estimate of drug-likeness (QED) is 0.467. The molecule has 114 valence electrons. The van der Waals surface area contributed by atoms with Crippen molar-refractivity contribution in [3.63, 3.8) is 0 Å². The molecule has 1 N–H and O–H groups in total. The van der Waals surface area contributed by atoms with E-state index < -0.39 is 5.97 Å². The minimum absolute atomic E-state index is 0.247. The van der Waals surface area contributed by atoms with Crippen LogP contribution < -0.4 is 0 Å². The van der Waals surface area contributed by atoms with Crippen LogP contribution in [0.1, 0.15) is 32.1 Å². The molecule has 0 spiro atoms. The third-order valence-corrected chi connectivity index (χ3v) is 3.50. The summed E-state index contributed by atoms with van der Waals surface area (Å²) < 4.78 is 11.1. The Morgan fingerprint density at radius 2 is 2.10 bits per heavy atom. The Bertz CT molecular complexity index is 312.